The lowest BCUT2D eigenvalue weighted by molar-refractivity contribution is -0.224. The molecule has 0 heterocycles. The minimum Gasteiger partial charge on any atom is -0.429 e. The van der Waals surface area contributed by atoms with Crippen LogP contribution in [0.15, 0.2) is 30.3 Å². The third-order valence-corrected chi connectivity index (χ3v) is 6.65. The van der Waals surface area contributed by atoms with Gasteiger partial charge in [-0.3, -0.25) is 0 Å². The molecule has 188 valence electrons. The first-order chi connectivity index (χ1) is 16.5. The van der Waals surface area contributed by atoms with Crippen molar-refractivity contribution in [3.63, 3.8) is 0 Å². The van der Waals surface area contributed by atoms with Crippen LogP contribution >= 0.6 is 0 Å². The van der Waals surface area contributed by atoms with Crippen molar-refractivity contribution in [2.75, 3.05) is 0 Å². The van der Waals surface area contributed by atoms with Gasteiger partial charge in [-0.1, -0.05) is 25.8 Å². The molecular weight excluding hydrogens is 480 g/mol. The molecule has 1 saturated carbocycles. The van der Waals surface area contributed by atoms with E-state index in [9.17, 15) is 30.7 Å². The van der Waals surface area contributed by atoms with Crippen molar-refractivity contribution in [1.82, 2.24) is 0 Å². The highest BCUT2D eigenvalue weighted by molar-refractivity contribution is 5.90. The Labute approximate surface area is 196 Å². The fourth-order valence-electron chi connectivity index (χ4n) is 4.79. The van der Waals surface area contributed by atoms with Crippen molar-refractivity contribution in [3.8, 4) is 16.9 Å². The monoisotopic (exact) mass is 502 g/mol. The summed E-state index contributed by atoms with van der Waals surface area (Å²) in [7, 11) is 0. The predicted molar refractivity (Wildman–Crippen MR) is 115 cm³/mol. The Morgan fingerprint density at radius 2 is 1.43 bits per heavy atom. The Morgan fingerprint density at radius 3 is 2.03 bits per heavy atom. The summed E-state index contributed by atoms with van der Waals surface area (Å²) < 4.78 is 119. The van der Waals surface area contributed by atoms with Crippen molar-refractivity contribution in [1.29, 1.82) is 0 Å². The minimum atomic E-state index is -3.72. The summed E-state index contributed by atoms with van der Waals surface area (Å²) in [6.07, 6.45) is -0.213. The number of rotatable bonds is 6. The van der Waals surface area contributed by atoms with E-state index in [0.717, 1.165) is 31.0 Å². The molecule has 9 heteroatoms. The summed E-state index contributed by atoms with van der Waals surface area (Å²) in [6.45, 7) is 2.02. The SMILES string of the molecule is CCCC1CCC(C(F)(F)Oc2ccc3cc(-c4cc(F)c(F)c(F)c4)c(F)c(F)c3c2F)CC1. The third kappa shape index (κ3) is 4.82. The van der Waals surface area contributed by atoms with Crippen molar-refractivity contribution in [2.45, 2.75) is 51.6 Å². The van der Waals surface area contributed by atoms with E-state index < -0.39 is 69.2 Å². The molecule has 0 unspecified atom stereocenters. The standard InChI is InChI=1S/C26H22F8O/c1-2-3-13-4-7-16(8-5-13)26(33,34)35-20-9-6-14-10-17(22(29)25(32)21(14)24(20)31)15-11-18(27)23(30)19(28)12-15/h6,9-13,16H,2-5,7-8H2,1H3. The predicted octanol–water partition coefficient (Wildman–Crippen LogP) is 8.92. The van der Waals surface area contributed by atoms with Gasteiger partial charge in [-0.2, -0.15) is 8.78 Å². The summed E-state index contributed by atoms with van der Waals surface area (Å²) in [4.78, 5) is 0. The molecular formula is C26H22F8O. The molecule has 1 nitrogen and oxygen atoms in total. The van der Waals surface area contributed by atoms with Gasteiger partial charge in [0.05, 0.1) is 11.3 Å². The Hall–Kier alpha value is -2.84. The van der Waals surface area contributed by atoms with E-state index in [2.05, 4.69) is 0 Å². The molecule has 0 N–H and O–H groups in total. The van der Waals surface area contributed by atoms with Crippen LogP contribution in [0.5, 0.6) is 5.75 Å². The molecule has 0 bridgehead atoms. The van der Waals surface area contributed by atoms with Gasteiger partial charge in [-0.25, -0.2) is 26.3 Å². The van der Waals surface area contributed by atoms with Crippen LogP contribution in [0.3, 0.4) is 0 Å². The van der Waals surface area contributed by atoms with Gasteiger partial charge in [-0.15, -0.1) is 0 Å². The van der Waals surface area contributed by atoms with E-state index in [-0.39, 0.29) is 18.2 Å². The molecule has 0 aliphatic heterocycles. The number of hydrogen-bond donors (Lipinski definition) is 0. The molecule has 0 radical (unpaired) electrons. The topological polar surface area (TPSA) is 9.23 Å². The summed E-state index contributed by atoms with van der Waals surface area (Å²) in [6, 6.07) is 3.71. The van der Waals surface area contributed by atoms with Crippen molar-refractivity contribution in [2.24, 2.45) is 11.8 Å². The maximum absolute atomic E-state index is 15.1. The smallest absolute Gasteiger partial charge is 0.400 e. The maximum Gasteiger partial charge on any atom is 0.400 e. The lowest BCUT2D eigenvalue weighted by Crippen LogP contribution is -2.37. The molecule has 3 aromatic carbocycles. The maximum atomic E-state index is 15.1. The highest BCUT2D eigenvalue weighted by atomic mass is 19.3. The number of benzene rings is 3. The molecule has 0 spiro atoms. The normalized spacial score (nSPS) is 18.8. The van der Waals surface area contributed by atoms with Crippen molar-refractivity contribution < 1.29 is 39.9 Å². The number of halogens is 8. The first kappa shape index (κ1) is 25.3. The first-order valence-electron chi connectivity index (χ1n) is 11.3. The van der Waals surface area contributed by atoms with Gasteiger partial charge in [-0.05, 0) is 66.8 Å². The molecule has 0 amide bonds. The first-order valence-corrected chi connectivity index (χ1v) is 11.3. The van der Waals surface area contributed by atoms with Crippen molar-refractivity contribution >= 4 is 10.8 Å². The summed E-state index contributed by atoms with van der Waals surface area (Å²) in [5.41, 5.74) is -1.18. The van der Waals surface area contributed by atoms with Crippen LogP contribution in [0.2, 0.25) is 0 Å². The summed E-state index contributed by atoms with van der Waals surface area (Å²) in [5, 5.41) is -1.22. The fraction of sp³-hybridized carbons (Fsp3) is 0.385. The lowest BCUT2D eigenvalue weighted by atomic mass is 9.79. The minimum absolute atomic E-state index is 0.198. The van der Waals surface area contributed by atoms with Crippen LogP contribution in [0.25, 0.3) is 21.9 Å². The highest BCUT2D eigenvalue weighted by Gasteiger charge is 2.44. The van der Waals surface area contributed by atoms with E-state index in [1.165, 1.54) is 0 Å². The number of fused-ring (bicyclic) bond motifs is 1. The van der Waals surface area contributed by atoms with Crippen LogP contribution in [0, 0.1) is 46.7 Å². The molecule has 0 aromatic heterocycles. The van der Waals surface area contributed by atoms with Gasteiger partial charge in [0.15, 0.2) is 40.7 Å². The largest absolute Gasteiger partial charge is 0.429 e. The molecule has 1 fully saturated rings. The summed E-state index contributed by atoms with van der Waals surface area (Å²) in [5.74, 6) is -11.7. The lowest BCUT2D eigenvalue weighted by Gasteiger charge is -2.33. The van der Waals surface area contributed by atoms with Crippen LogP contribution in [-0.4, -0.2) is 6.11 Å². The van der Waals surface area contributed by atoms with E-state index in [4.69, 9.17) is 4.74 Å². The van der Waals surface area contributed by atoms with Crippen LogP contribution in [0.4, 0.5) is 35.1 Å². The Kier molecular flexibility index (Phi) is 6.97. The zero-order valence-corrected chi connectivity index (χ0v) is 18.7. The van der Waals surface area contributed by atoms with Gasteiger partial charge in [0.2, 0.25) is 0 Å². The van der Waals surface area contributed by atoms with Gasteiger partial charge < -0.3 is 4.74 Å². The Morgan fingerprint density at radius 1 is 0.800 bits per heavy atom. The van der Waals surface area contributed by atoms with Crippen molar-refractivity contribution in [3.05, 3.63) is 65.2 Å². The van der Waals surface area contributed by atoms with E-state index in [1.54, 1.807) is 0 Å². The van der Waals surface area contributed by atoms with Crippen LogP contribution in [0.1, 0.15) is 45.4 Å². The second-order valence-corrected chi connectivity index (χ2v) is 8.95. The molecule has 0 atom stereocenters. The van der Waals surface area contributed by atoms with Gasteiger partial charge in [0, 0.05) is 5.56 Å². The molecule has 3 aromatic rings. The molecule has 35 heavy (non-hydrogen) atoms. The van der Waals surface area contributed by atoms with E-state index >= 15 is 4.39 Å². The fourth-order valence-corrected chi connectivity index (χ4v) is 4.79. The Balaban J connectivity index is 1.67. The zero-order chi connectivity index (χ0) is 25.5. The highest BCUT2D eigenvalue weighted by Crippen LogP contribution is 2.43. The van der Waals surface area contributed by atoms with Crippen LogP contribution in [-0.2, 0) is 0 Å². The number of alkyl halides is 2. The zero-order valence-electron chi connectivity index (χ0n) is 18.7. The average molecular weight is 502 g/mol. The molecule has 1 aliphatic carbocycles. The van der Waals surface area contributed by atoms with E-state index in [0.29, 0.717) is 30.9 Å². The van der Waals surface area contributed by atoms with Gasteiger partial charge in [0.1, 0.15) is 0 Å². The summed E-state index contributed by atoms with van der Waals surface area (Å²) >= 11 is 0. The second kappa shape index (κ2) is 9.66. The third-order valence-electron chi connectivity index (χ3n) is 6.65. The molecule has 4 rings (SSSR count). The molecule has 1 aliphatic rings. The molecule has 0 saturated heterocycles. The van der Waals surface area contributed by atoms with Crippen LogP contribution < -0.4 is 4.74 Å². The average Bonchev–Trinajstić information content (AvgIpc) is 2.81. The van der Waals surface area contributed by atoms with Gasteiger partial charge in [0.25, 0.3) is 0 Å². The van der Waals surface area contributed by atoms with Gasteiger partial charge >= 0.3 is 6.11 Å². The number of hydrogen-bond acceptors (Lipinski definition) is 1. The number of ether oxygens (including phenoxy) is 1. The Bertz CT molecular complexity index is 1230. The second-order valence-electron chi connectivity index (χ2n) is 8.95. The van der Waals surface area contributed by atoms with E-state index in [1.807, 2.05) is 6.92 Å². The quantitative estimate of drug-likeness (QED) is 0.242.